The molecule has 2 amide bonds. The minimum absolute atomic E-state index is 0.00573. The smallest absolute Gasteiger partial charge is 0.273 e. The van der Waals surface area contributed by atoms with Gasteiger partial charge in [0.05, 0.1) is 5.69 Å². The number of hydrogen-bond acceptors (Lipinski definition) is 7. The van der Waals surface area contributed by atoms with Crippen LogP contribution >= 0.6 is 0 Å². The lowest BCUT2D eigenvalue weighted by Crippen LogP contribution is -2.38. The van der Waals surface area contributed by atoms with E-state index in [4.69, 9.17) is 13.9 Å². The first-order valence-electron chi connectivity index (χ1n) is 11.9. The minimum atomic E-state index is -0.330. The number of anilines is 1. The van der Waals surface area contributed by atoms with E-state index in [2.05, 4.69) is 10.3 Å². The van der Waals surface area contributed by atoms with Crippen molar-refractivity contribution in [3.05, 3.63) is 70.9 Å². The van der Waals surface area contributed by atoms with E-state index in [1.807, 2.05) is 39.0 Å². The highest BCUT2D eigenvalue weighted by atomic mass is 16.5. The topological polar surface area (TPSA) is 111 Å². The summed E-state index contributed by atoms with van der Waals surface area (Å²) in [7, 11) is 0. The molecular formula is C27H29N3O6. The highest BCUT2D eigenvalue weighted by molar-refractivity contribution is 6.02. The molecule has 0 radical (unpaired) electrons. The fraction of sp³-hybridized carbons (Fsp3) is 0.333. The summed E-state index contributed by atoms with van der Waals surface area (Å²) in [6.45, 7) is 6.27. The average Bonchev–Trinajstić information content (AvgIpc) is 3.35. The zero-order valence-corrected chi connectivity index (χ0v) is 20.6. The lowest BCUT2D eigenvalue weighted by atomic mass is 10.1. The number of Topliss-reactive ketones (excluding diaryl/α,β-unsaturated/α-hetero) is 1. The van der Waals surface area contributed by atoms with Crippen LogP contribution in [0.25, 0.3) is 0 Å². The Kier molecular flexibility index (Phi) is 7.68. The summed E-state index contributed by atoms with van der Waals surface area (Å²) >= 11 is 0. The monoisotopic (exact) mass is 491 g/mol. The van der Waals surface area contributed by atoms with Gasteiger partial charge in [-0.05, 0) is 61.7 Å². The molecule has 2 heterocycles. The van der Waals surface area contributed by atoms with E-state index < -0.39 is 0 Å². The molecule has 0 saturated heterocycles. The predicted octanol–water partition coefficient (Wildman–Crippen LogP) is 4.01. The van der Waals surface area contributed by atoms with E-state index in [0.717, 1.165) is 24.0 Å². The second-order valence-electron chi connectivity index (χ2n) is 8.64. The lowest BCUT2D eigenvalue weighted by Gasteiger charge is -2.28. The largest absolute Gasteiger partial charge is 0.485 e. The van der Waals surface area contributed by atoms with E-state index in [9.17, 15) is 14.4 Å². The fourth-order valence-electron chi connectivity index (χ4n) is 3.68. The van der Waals surface area contributed by atoms with Gasteiger partial charge in [-0.2, -0.15) is 0 Å². The Morgan fingerprint density at radius 1 is 1.14 bits per heavy atom. The molecule has 188 valence electrons. The Hall–Kier alpha value is -4.14. The van der Waals surface area contributed by atoms with Gasteiger partial charge in [0.2, 0.25) is 5.89 Å². The Bertz CT molecular complexity index is 1280. The van der Waals surface area contributed by atoms with Gasteiger partial charge in [-0.25, -0.2) is 4.98 Å². The average molecular weight is 492 g/mol. The standard InChI is InChI=1S/C27H29N3O6/c1-4-5-10-28-27(33)21-14-36-25(29-21)13-30-22-12-19(7-9-24(22)35-16-26(30)32)23(31)15-34-20-8-6-17(2)18(3)11-20/h6-9,11-12,14H,4-5,10,13,15-16H2,1-3H3,(H,28,33). The maximum Gasteiger partial charge on any atom is 0.273 e. The number of ether oxygens (including phenoxy) is 2. The van der Waals surface area contributed by atoms with E-state index in [0.29, 0.717) is 29.3 Å². The summed E-state index contributed by atoms with van der Waals surface area (Å²) in [5.41, 5.74) is 3.17. The molecule has 0 aliphatic carbocycles. The molecule has 1 aromatic heterocycles. The van der Waals surface area contributed by atoms with Crippen molar-refractivity contribution in [1.82, 2.24) is 10.3 Å². The van der Waals surface area contributed by atoms with Crippen molar-refractivity contribution in [3.63, 3.8) is 0 Å². The number of ketones is 1. The van der Waals surface area contributed by atoms with Crippen molar-refractivity contribution in [3.8, 4) is 11.5 Å². The van der Waals surface area contributed by atoms with Crippen LogP contribution in [0.15, 0.2) is 47.1 Å². The number of carbonyl (C=O) groups is 3. The Morgan fingerprint density at radius 2 is 1.97 bits per heavy atom. The zero-order chi connectivity index (χ0) is 25.7. The molecule has 4 rings (SSSR count). The number of rotatable bonds is 10. The quantitative estimate of drug-likeness (QED) is 0.337. The third kappa shape index (κ3) is 5.73. The van der Waals surface area contributed by atoms with Crippen molar-refractivity contribution in [2.45, 2.75) is 40.2 Å². The van der Waals surface area contributed by atoms with Crippen LogP contribution in [0.1, 0.15) is 57.6 Å². The number of hydrogen-bond donors (Lipinski definition) is 1. The summed E-state index contributed by atoms with van der Waals surface area (Å²) in [5, 5.41) is 2.78. The predicted molar refractivity (Wildman–Crippen MR) is 133 cm³/mol. The van der Waals surface area contributed by atoms with Crippen LogP contribution in [0.5, 0.6) is 11.5 Å². The third-order valence-electron chi connectivity index (χ3n) is 5.97. The van der Waals surface area contributed by atoms with Crippen LogP contribution < -0.4 is 19.7 Å². The first-order valence-corrected chi connectivity index (χ1v) is 11.9. The van der Waals surface area contributed by atoms with Crippen LogP contribution in [-0.4, -0.2) is 42.3 Å². The molecule has 9 nitrogen and oxygen atoms in total. The second-order valence-corrected chi connectivity index (χ2v) is 8.64. The van der Waals surface area contributed by atoms with E-state index in [-0.39, 0.29) is 48.9 Å². The molecule has 0 saturated carbocycles. The molecule has 3 aromatic rings. The van der Waals surface area contributed by atoms with E-state index >= 15 is 0 Å². The summed E-state index contributed by atoms with van der Waals surface area (Å²) in [4.78, 5) is 43.4. The first kappa shape index (κ1) is 25.0. The maximum absolute atomic E-state index is 12.8. The number of oxazole rings is 1. The highest BCUT2D eigenvalue weighted by Gasteiger charge is 2.28. The first-order chi connectivity index (χ1) is 17.4. The van der Waals surface area contributed by atoms with Crippen molar-refractivity contribution >= 4 is 23.3 Å². The van der Waals surface area contributed by atoms with Gasteiger partial charge in [0.1, 0.15) is 24.3 Å². The summed E-state index contributed by atoms with van der Waals surface area (Å²) < 4.78 is 16.7. The number of nitrogens with one attached hydrogen (secondary N) is 1. The van der Waals surface area contributed by atoms with Gasteiger partial charge in [-0.15, -0.1) is 0 Å². The van der Waals surface area contributed by atoms with Gasteiger partial charge in [0, 0.05) is 12.1 Å². The fourth-order valence-corrected chi connectivity index (χ4v) is 3.68. The SMILES string of the molecule is CCCCNC(=O)c1coc(CN2C(=O)COc3ccc(C(=O)COc4ccc(C)c(C)c4)cc32)n1. The van der Waals surface area contributed by atoms with E-state index in [1.54, 1.807) is 18.2 Å². The normalized spacial score (nSPS) is 12.6. The minimum Gasteiger partial charge on any atom is -0.485 e. The summed E-state index contributed by atoms with van der Waals surface area (Å²) in [6.07, 6.45) is 3.10. The number of benzene rings is 2. The van der Waals surface area contributed by atoms with Gasteiger partial charge in [0.25, 0.3) is 11.8 Å². The van der Waals surface area contributed by atoms with Gasteiger partial charge < -0.3 is 19.2 Å². The van der Waals surface area contributed by atoms with Crippen molar-refractivity contribution < 1.29 is 28.3 Å². The number of unbranched alkanes of at least 4 members (excludes halogenated alkanes) is 1. The lowest BCUT2D eigenvalue weighted by molar-refractivity contribution is -0.121. The van der Waals surface area contributed by atoms with Crippen LogP contribution in [-0.2, 0) is 11.3 Å². The zero-order valence-electron chi connectivity index (χ0n) is 20.6. The van der Waals surface area contributed by atoms with Crippen molar-refractivity contribution in [2.75, 3.05) is 24.7 Å². The van der Waals surface area contributed by atoms with Crippen molar-refractivity contribution in [2.24, 2.45) is 0 Å². The molecule has 36 heavy (non-hydrogen) atoms. The molecule has 0 spiro atoms. The molecule has 1 aliphatic rings. The molecule has 0 bridgehead atoms. The summed E-state index contributed by atoms with van der Waals surface area (Å²) in [5.74, 6) is 0.394. The highest BCUT2D eigenvalue weighted by Crippen LogP contribution is 2.34. The van der Waals surface area contributed by atoms with E-state index in [1.165, 1.54) is 11.2 Å². The molecule has 0 atom stereocenters. The molecule has 9 heteroatoms. The van der Waals surface area contributed by atoms with Gasteiger partial charge in [-0.3, -0.25) is 19.3 Å². The van der Waals surface area contributed by atoms with Gasteiger partial charge in [-0.1, -0.05) is 19.4 Å². The molecule has 0 fully saturated rings. The Balaban J connectivity index is 1.47. The van der Waals surface area contributed by atoms with Crippen LogP contribution in [0.4, 0.5) is 5.69 Å². The molecule has 2 aromatic carbocycles. The van der Waals surface area contributed by atoms with Crippen LogP contribution in [0.3, 0.4) is 0 Å². The van der Waals surface area contributed by atoms with Crippen molar-refractivity contribution in [1.29, 1.82) is 0 Å². The second kappa shape index (κ2) is 11.1. The third-order valence-corrected chi connectivity index (χ3v) is 5.97. The van der Waals surface area contributed by atoms with Gasteiger partial charge in [0.15, 0.2) is 24.7 Å². The molecule has 1 N–H and O–H groups in total. The number of aromatic nitrogens is 1. The Morgan fingerprint density at radius 3 is 2.75 bits per heavy atom. The number of fused-ring (bicyclic) bond motifs is 1. The number of aryl methyl sites for hydroxylation is 2. The van der Waals surface area contributed by atoms with Gasteiger partial charge >= 0.3 is 0 Å². The molecule has 1 aliphatic heterocycles. The Labute approximate surface area is 209 Å². The number of nitrogens with zero attached hydrogens (tertiary/aromatic N) is 2. The molecular weight excluding hydrogens is 462 g/mol. The number of amides is 2. The molecule has 0 unspecified atom stereocenters. The number of carbonyl (C=O) groups excluding carboxylic acids is 3. The van der Waals surface area contributed by atoms with Crippen LogP contribution in [0, 0.1) is 13.8 Å². The summed E-state index contributed by atoms with van der Waals surface area (Å²) in [6, 6.07) is 10.5. The maximum atomic E-state index is 12.8. The van der Waals surface area contributed by atoms with Crippen LogP contribution in [0.2, 0.25) is 0 Å².